The Morgan fingerprint density at radius 3 is 2.25 bits per heavy atom. The second-order valence-corrected chi connectivity index (χ2v) is 11.3. The molecule has 1 saturated carbocycles. The lowest BCUT2D eigenvalue weighted by atomic mass is 9.97. The Balaban J connectivity index is 2.52. The molecular formula is C26H40N4O6. The van der Waals surface area contributed by atoms with E-state index in [0.29, 0.717) is 18.4 Å². The van der Waals surface area contributed by atoms with Crippen LogP contribution in [0.2, 0.25) is 0 Å². The van der Waals surface area contributed by atoms with Gasteiger partial charge in [-0.2, -0.15) is 0 Å². The van der Waals surface area contributed by atoms with Gasteiger partial charge in [0.05, 0.1) is 0 Å². The molecule has 1 fully saturated rings. The van der Waals surface area contributed by atoms with Crippen molar-refractivity contribution < 1.29 is 29.0 Å². The largest absolute Gasteiger partial charge is 0.507 e. The molecule has 1 aliphatic carbocycles. The van der Waals surface area contributed by atoms with E-state index >= 15 is 0 Å². The number of primary amides is 1. The van der Waals surface area contributed by atoms with E-state index in [9.17, 15) is 24.3 Å². The minimum Gasteiger partial charge on any atom is -0.507 e. The zero-order valence-corrected chi connectivity index (χ0v) is 22.3. The Kier molecular flexibility index (Phi) is 8.98. The van der Waals surface area contributed by atoms with Crippen molar-refractivity contribution in [3.63, 3.8) is 0 Å². The van der Waals surface area contributed by atoms with Crippen LogP contribution in [-0.4, -0.2) is 57.0 Å². The summed E-state index contributed by atoms with van der Waals surface area (Å²) in [5.41, 5.74) is 4.75. The number of para-hydroxylation sites is 1. The van der Waals surface area contributed by atoms with E-state index in [2.05, 4.69) is 10.6 Å². The van der Waals surface area contributed by atoms with E-state index in [4.69, 9.17) is 10.5 Å². The van der Waals surface area contributed by atoms with E-state index in [1.54, 1.807) is 45.9 Å². The zero-order chi connectivity index (χ0) is 27.4. The van der Waals surface area contributed by atoms with Gasteiger partial charge >= 0.3 is 6.09 Å². The average Bonchev–Trinajstić information content (AvgIpc) is 3.53. The van der Waals surface area contributed by atoms with Crippen LogP contribution in [0.1, 0.15) is 84.4 Å². The molecule has 2 atom stereocenters. The molecule has 0 bridgehead atoms. The first-order valence-corrected chi connectivity index (χ1v) is 12.2. The van der Waals surface area contributed by atoms with E-state index in [-0.39, 0.29) is 30.2 Å². The lowest BCUT2D eigenvalue weighted by Gasteiger charge is -2.36. The number of nitrogens with zero attached hydrogens (tertiary/aromatic N) is 1. The number of aromatic hydroxyl groups is 1. The molecule has 10 nitrogen and oxygen atoms in total. The number of phenols is 1. The number of hydrogen-bond acceptors (Lipinski definition) is 6. The molecule has 1 aromatic carbocycles. The summed E-state index contributed by atoms with van der Waals surface area (Å²) < 4.78 is 5.32. The Bertz CT molecular complexity index is 991. The summed E-state index contributed by atoms with van der Waals surface area (Å²) in [6, 6.07) is 2.44. The number of carbonyl (C=O) groups excluding carboxylic acids is 4. The van der Waals surface area contributed by atoms with Crippen LogP contribution in [0.15, 0.2) is 18.2 Å². The molecule has 0 saturated heterocycles. The second-order valence-electron chi connectivity index (χ2n) is 11.3. The van der Waals surface area contributed by atoms with Gasteiger partial charge in [0.2, 0.25) is 17.7 Å². The molecule has 4 amide bonds. The summed E-state index contributed by atoms with van der Waals surface area (Å²) in [6.45, 7) is 12.2. The maximum atomic E-state index is 14.0. The Labute approximate surface area is 212 Å². The lowest BCUT2D eigenvalue weighted by Crippen LogP contribution is -2.55. The minimum absolute atomic E-state index is 0.0654. The van der Waals surface area contributed by atoms with Crippen LogP contribution in [0.4, 0.5) is 4.79 Å². The maximum Gasteiger partial charge on any atom is 0.408 e. The molecule has 0 aromatic heterocycles. The molecule has 36 heavy (non-hydrogen) atoms. The predicted molar refractivity (Wildman–Crippen MR) is 135 cm³/mol. The van der Waals surface area contributed by atoms with Gasteiger partial charge in [-0.25, -0.2) is 4.79 Å². The van der Waals surface area contributed by atoms with Crippen molar-refractivity contribution in [1.82, 2.24) is 15.5 Å². The van der Waals surface area contributed by atoms with Crippen LogP contribution in [0.25, 0.3) is 0 Å². The molecule has 0 spiro atoms. The number of alkyl carbamates (subject to hydrolysis) is 1. The normalized spacial score (nSPS) is 15.4. The first-order valence-electron chi connectivity index (χ1n) is 12.2. The third kappa shape index (κ3) is 8.42. The van der Waals surface area contributed by atoms with Gasteiger partial charge < -0.3 is 31.1 Å². The molecule has 0 radical (unpaired) electrons. The van der Waals surface area contributed by atoms with Crippen LogP contribution in [0.5, 0.6) is 5.75 Å². The molecular weight excluding hydrogens is 464 g/mol. The van der Waals surface area contributed by atoms with Crippen LogP contribution in [0, 0.1) is 6.92 Å². The molecule has 0 heterocycles. The highest BCUT2D eigenvalue weighted by atomic mass is 16.6. The SMILES string of the molecule is Cc1cccc(C(C(=O)NC(C)(C)C)N(C(=O)C(CCC(N)=O)NC(=O)OC(C)(C)C)C2CC2)c1O. The van der Waals surface area contributed by atoms with Gasteiger partial charge in [0, 0.05) is 23.6 Å². The topological polar surface area (TPSA) is 151 Å². The van der Waals surface area contributed by atoms with Crippen LogP contribution < -0.4 is 16.4 Å². The predicted octanol–water partition coefficient (Wildman–Crippen LogP) is 2.81. The fraction of sp³-hybridized carbons (Fsp3) is 0.615. The van der Waals surface area contributed by atoms with Gasteiger partial charge in [0.15, 0.2) is 0 Å². The van der Waals surface area contributed by atoms with E-state index in [1.165, 1.54) is 4.90 Å². The zero-order valence-electron chi connectivity index (χ0n) is 22.3. The Hall–Kier alpha value is -3.30. The summed E-state index contributed by atoms with van der Waals surface area (Å²) in [6.07, 6.45) is 0.276. The van der Waals surface area contributed by atoms with Crippen molar-refractivity contribution in [2.75, 3.05) is 0 Å². The van der Waals surface area contributed by atoms with E-state index < -0.39 is 47.0 Å². The van der Waals surface area contributed by atoms with Crippen LogP contribution >= 0.6 is 0 Å². The number of phenolic OH excluding ortho intramolecular Hbond substituents is 1. The highest BCUT2D eigenvalue weighted by molar-refractivity contribution is 5.93. The van der Waals surface area contributed by atoms with E-state index in [1.807, 2.05) is 20.8 Å². The average molecular weight is 505 g/mol. The van der Waals surface area contributed by atoms with Gasteiger partial charge in [-0.3, -0.25) is 14.4 Å². The number of rotatable bonds is 9. The Morgan fingerprint density at radius 2 is 1.75 bits per heavy atom. The minimum atomic E-state index is -1.16. The lowest BCUT2D eigenvalue weighted by molar-refractivity contribution is -0.144. The summed E-state index contributed by atoms with van der Waals surface area (Å²) in [4.78, 5) is 53.0. The van der Waals surface area contributed by atoms with Crippen LogP contribution in [-0.2, 0) is 19.1 Å². The first kappa shape index (κ1) is 28.9. The van der Waals surface area contributed by atoms with Crippen molar-refractivity contribution in [3.8, 4) is 5.75 Å². The standard InChI is InChI=1S/C26H40N4O6/c1-15-9-8-10-17(21(15)32)20(22(33)29-25(2,3)4)30(16-11-12-16)23(34)18(13-14-19(27)31)28-24(35)36-26(5,6)7/h8-10,16,18,20,32H,11-14H2,1-7H3,(H2,27,31)(H,28,35)(H,29,33). The fourth-order valence-corrected chi connectivity index (χ4v) is 3.80. The van der Waals surface area contributed by atoms with E-state index in [0.717, 1.165) is 0 Å². The van der Waals surface area contributed by atoms with Gasteiger partial charge in [0.25, 0.3) is 0 Å². The van der Waals surface area contributed by atoms with Crippen LogP contribution in [0.3, 0.4) is 0 Å². The quantitative estimate of drug-likeness (QED) is 0.406. The molecule has 2 unspecified atom stereocenters. The number of amides is 4. The van der Waals surface area contributed by atoms with Crippen molar-refractivity contribution in [2.45, 2.75) is 103 Å². The van der Waals surface area contributed by atoms with Gasteiger partial charge in [-0.1, -0.05) is 18.2 Å². The molecule has 1 aliphatic rings. The summed E-state index contributed by atoms with van der Waals surface area (Å²) in [5.74, 6) is -1.73. The molecule has 2 rings (SSSR count). The Morgan fingerprint density at radius 1 is 1.14 bits per heavy atom. The van der Waals surface area contributed by atoms with Gasteiger partial charge in [-0.05, 0) is 73.3 Å². The molecule has 0 aliphatic heterocycles. The number of ether oxygens (including phenoxy) is 1. The maximum absolute atomic E-state index is 14.0. The molecule has 200 valence electrons. The van der Waals surface area contributed by atoms with Crippen molar-refractivity contribution in [1.29, 1.82) is 0 Å². The molecule has 1 aromatic rings. The second kappa shape index (κ2) is 11.2. The third-order valence-corrected chi connectivity index (χ3v) is 5.45. The summed E-state index contributed by atoms with van der Waals surface area (Å²) in [5, 5.41) is 16.3. The summed E-state index contributed by atoms with van der Waals surface area (Å²) in [7, 11) is 0. The van der Waals surface area contributed by atoms with Gasteiger partial charge in [0.1, 0.15) is 23.4 Å². The fourth-order valence-electron chi connectivity index (χ4n) is 3.80. The number of nitrogens with one attached hydrogen (secondary N) is 2. The summed E-state index contributed by atoms with van der Waals surface area (Å²) >= 11 is 0. The number of carbonyl (C=O) groups is 4. The number of benzene rings is 1. The number of hydrogen-bond donors (Lipinski definition) is 4. The van der Waals surface area contributed by atoms with Gasteiger partial charge in [-0.15, -0.1) is 0 Å². The smallest absolute Gasteiger partial charge is 0.408 e. The number of nitrogens with two attached hydrogens (primary N) is 1. The van der Waals surface area contributed by atoms with Crippen molar-refractivity contribution in [3.05, 3.63) is 29.3 Å². The highest BCUT2D eigenvalue weighted by Crippen LogP contribution is 2.39. The highest BCUT2D eigenvalue weighted by Gasteiger charge is 2.45. The number of aryl methyl sites for hydroxylation is 1. The molecule has 5 N–H and O–H groups in total. The van der Waals surface area contributed by atoms with Crippen molar-refractivity contribution in [2.24, 2.45) is 5.73 Å². The molecule has 10 heteroatoms. The first-order chi connectivity index (χ1) is 16.5. The monoisotopic (exact) mass is 504 g/mol. The third-order valence-electron chi connectivity index (χ3n) is 5.45. The van der Waals surface area contributed by atoms with Crippen molar-refractivity contribution >= 4 is 23.8 Å².